The van der Waals surface area contributed by atoms with E-state index in [9.17, 15) is 5.11 Å². The number of aliphatic hydroxyl groups excluding tert-OH is 1. The highest BCUT2D eigenvalue weighted by molar-refractivity contribution is 5.39. The summed E-state index contributed by atoms with van der Waals surface area (Å²) < 4.78 is 0. The molecule has 2 unspecified atom stereocenters. The van der Waals surface area contributed by atoms with Gasteiger partial charge in [-0.25, -0.2) is 0 Å². The van der Waals surface area contributed by atoms with E-state index < -0.39 is 0 Å². The highest BCUT2D eigenvalue weighted by atomic mass is 16.3. The zero-order valence-electron chi connectivity index (χ0n) is 11.2. The zero-order chi connectivity index (χ0) is 12.3. The summed E-state index contributed by atoms with van der Waals surface area (Å²) in [5.41, 5.74) is 4.83. The van der Waals surface area contributed by atoms with Gasteiger partial charge in [-0.05, 0) is 49.8 Å². The van der Waals surface area contributed by atoms with Crippen molar-refractivity contribution in [2.45, 2.75) is 53.6 Å². The van der Waals surface area contributed by atoms with Crippen LogP contribution in [0.4, 0.5) is 0 Å². The molecular formula is C15H24O. The van der Waals surface area contributed by atoms with E-state index in [0.29, 0.717) is 5.92 Å². The molecule has 0 aromatic heterocycles. The average Bonchev–Trinajstić information content (AvgIpc) is 2.16. The largest absolute Gasteiger partial charge is 0.388 e. The molecule has 90 valence electrons. The maximum Gasteiger partial charge on any atom is 0.0820 e. The molecule has 0 aliphatic rings. The quantitative estimate of drug-likeness (QED) is 0.810. The van der Waals surface area contributed by atoms with E-state index in [0.717, 1.165) is 18.4 Å². The highest BCUT2D eigenvalue weighted by Crippen LogP contribution is 2.30. The highest BCUT2D eigenvalue weighted by Gasteiger charge is 2.19. The first-order valence-corrected chi connectivity index (χ1v) is 6.23. The van der Waals surface area contributed by atoms with E-state index in [2.05, 4.69) is 46.8 Å². The average molecular weight is 220 g/mol. The van der Waals surface area contributed by atoms with Crippen LogP contribution in [0.2, 0.25) is 0 Å². The molecule has 1 heteroatoms. The lowest BCUT2D eigenvalue weighted by Crippen LogP contribution is -2.12. The molecule has 0 aliphatic carbocycles. The zero-order valence-corrected chi connectivity index (χ0v) is 11.2. The van der Waals surface area contributed by atoms with Crippen LogP contribution in [0.1, 0.15) is 55.0 Å². The topological polar surface area (TPSA) is 20.2 Å². The molecule has 1 N–H and O–H groups in total. The van der Waals surface area contributed by atoms with Crippen LogP contribution in [0.25, 0.3) is 0 Å². The van der Waals surface area contributed by atoms with Crippen LogP contribution in [-0.2, 0) is 0 Å². The molecule has 2 atom stereocenters. The molecule has 0 radical (unpaired) electrons. The van der Waals surface area contributed by atoms with Crippen molar-refractivity contribution in [3.8, 4) is 0 Å². The lowest BCUT2D eigenvalue weighted by atomic mass is 9.87. The van der Waals surface area contributed by atoms with Crippen molar-refractivity contribution in [1.29, 1.82) is 0 Å². The Morgan fingerprint density at radius 3 is 2.06 bits per heavy atom. The first kappa shape index (κ1) is 13.2. The smallest absolute Gasteiger partial charge is 0.0820 e. The van der Waals surface area contributed by atoms with Crippen molar-refractivity contribution in [3.05, 3.63) is 34.4 Å². The lowest BCUT2D eigenvalue weighted by molar-refractivity contribution is 0.111. The first-order chi connectivity index (χ1) is 7.47. The van der Waals surface area contributed by atoms with Crippen molar-refractivity contribution < 1.29 is 5.11 Å². The van der Waals surface area contributed by atoms with Gasteiger partial charge in [-0.1, -0.05) is 38.0 Å². The molecule has 0 spiro atoms. The Bertz CT molecular complexity index is 331. The third kappa shape index (κ3) is 2.85. The van der Waals surface area contributed by atoms with Crippen LogP contribution in [0, 0.1) is 26.7 Å². The molecule has 1 aromatic rings. The van der Waals surface area contributed by atoms with Gasteiger partial charge in [0.15, 0.2) is 0 Å². The molecule has 0 aliphatic heterocycles. The second-order valence-electron chi connectivity index (χ2n) is 5.02. The third-order valence-electron chi connectivity index (χ3n) is 3.32. The standard InChI is InChI=1S/C15H24O/c1-6-7-11(3)15(16)14-12(4)8-10(2)9-13(14)5/h8-9,11,15-16H,6-7H2,1-5H3. The van der Waals surface area contributed by atoms with Crippen LogP contribution in [0.15, 0.2) is 12.1 Å². The molecular weight excluding hydrogens is 196 g/mol. The SMILES string of the molecule is CCCC(C)C(O)c1c(C)cc(C)cc1C. The van der Waals surface area contributed by atoms with Gasteiger partial charge < -0.3 is 5.11 Å². The fraction of sp³-hybridized carbons (Fsp3) is 0.600. The Morgan fingerprint density at radius 2 is 1.62 bits per heavy atom. The molecule has 0 bridgehead atoms. The molecule has 0 heterocycles. The van der Waals surface area contributed by atoms with Gasteiger partial charge in [0.25, 0.3) is 0 Å². The number of rotatable bonds is 4. The van der Waals surface area contributed by atoms with Crippen molar-refractivity contribution in [1.82, 2.24) is 0 Å². The Kier molecular flexibility index (Phi) is 4.55. The molecule has 16 heavy (non-hydrogen) atoms. The molecule has 1 nitrogen and oxygen atoms in total. The van der Waals surface area contributed by atoms with E-state index in [4.69, 9.17) is 0 Å². The molecule has 0 saturated carbocycles. The predicted molar refractivity (Wildman–Crippen MR) is 69.7 cm³/mol. The number of aryl methyl sites for hydroxylation is 3. The van der Waals surface area contributed by atoms with Crippen molar-refractivity contribution in [2.24, 2.45) is 5.92 Å². The van der Waals surface area contributed by atoms with Gasteiger partial charge in [0, 0.05) is 0 Å². The summed E-state index contributed by atoms with van der Waals surface area (Å²) in [6, 6.07) is 4.31. The molecule has 1 aromatic carbocycles. The van der Waals surface area contributed by atoms with Gasteiger partial charge in [0.05, 0.1) is 6.10 Å². The number of hydrogen-bond donors (Lipinski definition) is 1. The Morgan fingerprint density at radius 1 is 1.12 bits per heavy atom. The van der Waals surface area contributed by atoms with Gasteiger partial charge >= 0.3 is 0 Å². The van der Waals surface area contributed by atoms with Crippen LogP contribution in [0.5, 0.6) is 0 Å². The number of benzene rings is 1. The van der Waals surface area contributed by atoms with E-state index in [1.807, 2.05) is 0 Å². The summed E-state index contributed by atoms with van der Waals surface area (Å²) in [5.74, 6) is 0.338. The van der Waals surface area contributed by atoms with Gasteiger partial charge in [0.1, 0.15) is 0 Å². The van der Waals surface area contributed by atoms with Gasteiger partial charge in [0.2, 0.25) is 0 Å². The normalized spacial score (nSPS) is 14.9. The summed E-state index contributed by atoms with van der Waals surface area (Å²) >= 11 is 0. The Labute approximate surface area is 99.5 Å². The van der Waals surface area contributed by atoms with Gasteiger partial charge in [-0.2, -0.15) is 0 Å². The fourth-order valence-electron chi connectivity index (χ4n) is 2.56. The molecule has 0 saturated heterocycles. The maximum absolute atomic E-state index is 10.4. The molecule has 0 amide bonds. The molecule has 1 rings (SSSR count). The number of hydrogen-bond acceptors (Lipinski definition) is 1. The monoisotopic (exact) mass is 220 g/mol. The van der Waals surface area contributed by atoms with Crippen molar-refractivity contribution >= 4 is 0 Å². The number of aliphatic hydroxyl groups is 1. The minimum Gasteiger partial charge on any atom is -0.388 e. The van der Waals surface area contributed by atoms with Gasteiger partial charge in [-0.15, -0.1) is 0 Å². The fourth-order valence-corrected chi connectivity index (χ4v) is 2.56. The predicted octanol–water partition coefficient (Wildman–Crippen LogP) is 4.08. The van der Waals surface area contributed by atoms with Crippen molar-refractivity contribution in [3.63, 3.8) is 0 Å². The summed E-state index contributed by atoms with van der Waals surface area (Å²) in [6.45, 7) is 10.6. The second kappa shape index (κ2) is 5.49. The van der Waals surface area contributed by atoms with E-state index in [1.165, 1.54) is 16.7 Å². The summed E-state index contributed by atoms with van der Waals surface area (Å²) in [7, 11) is 0. The van der Waals surface area contributed by atoms with Crippen LogP contribution in [-0.4, -0.2) is 5.11 Å². The van der Waals surface area contributed by atoms with E-state index in [-0.39, 0.29) is 6.10 Å². The van der Waals surface area contributed by atoms with E-state index >= 15 is 0 Å². The van der Waals surface area contributed by atoms with Crippen LogP contribution in [0.3, 0.4) is 0 Å². The van der Waals surface area contributed by atoms with Gasteiger partial charge in [-0.3, -0.25) is 0 Å². The third-order valence-corrected chi connectivity index (χ3v) is 3.32. The lowest BCUT2D eigenvalue weighted by Gasteiger charge is -2.23. The maximum atomic E-state index is 10.4. The summed E-state index contributed by atoms with van der Waals surface area (Å²) in [5, 5.41) is 10.4. The first-order valence-electron chi connectivity index (χ1n) is 6.23. The minimum atomic E-state index is -0.319. The summed E-state index contributed by atoms with van der Waals surface area (Å²) in [6.07, 6.45) is 1.89. The Balaban J connectivity index is 3.03. The minimum absolute atomic E-state index is 0.319. The van der Waals surface area contributed by atoms with Crippen molar-refractivity contribution in [2.75, 3.05) is 0 Å². The Hall–Kier alpha value is -0.820. The molecule has 0 fully saturated rings. The van der Waals surface area contributed by atoms with Crippen LogP contribution < -0.4 is 0 Å². The summed E-state index contributed by atoms with van der Waals surface area (Å²) in [4.78, 5) is 0. The van der Waals surface area contributed by atoms with E-state index in [1.54, 1.807) is 0 Å². The van der Waals surface area contributed by atoms with Crippen LogP contribution >= 0.6 is 0 Å². The second-order valence-corrected chi connectivity index (χ2v) is 5.02.